The van der Waals surface area contributed by atoms with Crippen molar-refractivity contribution in [2.24, 2.45) is 0 Å². The fourth-order valence-corrected chi connectivity index (χ4v) is 9.75. The number of rotatable bonds is 8. The first kappa shape index (κ1) is 75.0. The summed E-state index contributed by atoms with van der Waals surface area (Å²) in [7, 11) is 0. The van der Waals surface area contributed by atoms with E-state index in [0.717, 1.165) is 0 Å². The molecule has 0 unspecified atom stereocenters. The quantitative estimate of drug-likeness (QED) is 0.0795. The second kappa shape index (κ2) is 25.6. The van der Waals surface area contributed by atoms with Crippen molar-refractivity contribution in [1.82, 2.24) is 0 Å². The first-order chi connectivity index (χ1) is 41.4. The van der Waals surface area contributed by atoms with Crippen LogP contribution in [0.25, 0.3) is 0 Å². The SMILES string of the molecule is Fc1c(F)c(F)c([B-](c2c(F)c(F)c(F)c(F)c2F)(c2c(F)c(F)c(F)c(F)c2F)c2c(F)c(F)c(F)c(F)c2F)c(F)c1F.Fc1c(F)c(F)c([B-](c2c(F)c(F)c(F)c(F)c2F)(c2c(F)c(F)c(F)c(F)c2F)c2c(F)c(F)c(F)c(F)c2F)c(F)c1F.[Li+].[Li+]. The van der Waals surface area contributed by atoms with Gasteiger partial charge in [0.2, 0.25) is 0 Å². The zero-order valence-corrected chi connectivity index (χ0v) is 42.3. The molecular formula is C48B2F40Li2. The van der Waals surface area contributed by atoms with Gasteiger partial charge in [-0.1, -0.05) is 0 Å². The van der Waals surface area contributed by atoms with Crippen LogP contribution in [0.1, 0.15) is 0 Å². The van der Waals surface area contributed by atoms with E-state index in [0.29, 0.717) is 0 Å². The molecule has 0 aliphatic heterocycles. The van der Waals surface area contributed by atoms with Crippen LogP contribution in [0.4, 0.5) is 176 Å². The molecule has 0 atom stereocenters. The molecule has 0 spiro atoms. The van der Waals surface area contributed by atoms with Gasteiger partial charge in [-0.3, -0.25) is 0 Å². The minimum absolute atomic E-state index is 0. The molecule has 44 heteroatoms. The van der Waals surface area contributed by atoms with E-state index in [9.17, 15) is 105 Å². The molecule has 8 aromatic rings. The fraction of sp³-hybridized carbons (Fsp3) is 0. The van der Waals surface area contributed by atoms with Crippen LogP contribution in [0.3, 0.4) is 0 Å². The van der Waals surface area contributed by atoms with E-state index < -0.39 is 289 Å². The van der Waals surface area contributed by atoms with Crippen molar-refractivity contribution in [3.63, 3.8) is 0 Å². The Morgan fingerprint density at radius 2 is 0.130 bits per heavy atom. The summed E-state index contributed by atoms with van der Waals surface area (Å²) in [5, 5.41) is 0. The van der Waals surface area contributed by atoms with Crippen LogP contribution in [-0.2, 0) is 0 Å². The summed E-state index contributed by atoms with van der Waals surface area (Å²) < 4.78 is 588. The molecule has 0 saturated carbocycles. The number of benzene rings is 8. The van der Waals surface area contributed by atoms with E-state index in [1.807, 2.05) is 0 Å². The van der Waals surface area contributed by atoms with Crippen molar-refractivity contribution in [3.8, 4) is 0 Å². The third kappa shape index (κ3) is 10.1. The predicted octanol–water partition coefficient (Wildman–Crippen LogP) is 5.70. The van der Waals surface area contributed by atoms with Crippen molar-refractivity contribution < 1.29 is 213 Å². The Balaban J connectivity index is 0.000000327. The monoisotopic (exact) mass is 1370 g/mol. The van der Waals surface area contributed by atoms with Gasteiger partial charge in [0.25, 0.3) is 0 Å². The van der Waals surface area contributed by atoms with Gasteiger partial charge in [-0.2, -0.15) is 0 Å². The maximum Gasteiger partial charge on any atom is 1.00 e. The zero-order valence-electron chi connectivity index (χ0n) is 42.3. The Labute approximate surface area is 500 Å². The van der Waals surface area contributed by atoms with E-state index in [-0.39, 0.29) is 37.7 Å². The summed E-state index contributed by atoms with van der Waals surface area (Å²) in [6.07, 6.45) is -14.4. The molecular weight excluding hydrogens is 1370 g/mol. The summed E-state index contributed by atoms with van der Waals surface area (Å²) in [5.41, 5.74) is -28.7. The summed E-state index contributed by atoms with van der Waals surface area (Å²) >= 11 is 0. The van der Waals surface area contributed by atoms with E-state index in [1.54, 1.807) is 0 Å². The Hall–Kier alpha value is -7.72. The second-order valence-corrected chi connectivity index (χ2v) is 17.6. The fourth-order valence-electron chi connectivity index (χ4n) is 9.75. The van der Waals surface area contributed by atoms with Crippen molar-refractivity contribution in [2.75, 3.05) is 0 Å². The Kier molecular flexibility index (Phi) is 20.9. The average molecular weight is 1370 g/mol. The van der Waals surface area contributed by atoms with E-state index in [2.05, 4.69) is 0 Å². The summed E-state index contributed by atoms with van der Waals surface area (Å²) in [6, 6.07) is 0. The van der Waals surface area contributed by atoms with E-state index >= 15 is 70.2 Å². The van der Waals surface area contributed by atoms with Gasteiger partial charge in [0, 0.05) is 0 Å². The zero-order chi connectivity index (χ0) is 68.7. The molecule has 480 valence electrons. The van der Waals surface area contributed by atoms with Crippen LogP contribution in [0.2, 0.25) is 0 Å². The second-order valence-electron chi connectivity index (χ2n) is 17.6. The number of hydrogen-bond donors (Lipinski definition) is 0. The molecule has 0 nitrogen and oxygen atoms in total. The summed E-state index contributed by atoms with van der Waals surface area (Å²) in [4.78, 5) is 0. The molecule has 8 aromatic carbocycles. The standard InChI is InChI=1S/2C24BF20.2Li/c2*26-5-1(6(27)14(35)21(42)13(5)34)25(2-7(28)15(36)22(43)16(37)8(2)29,3-9(30)17(38)23(44)18(39)10(3)31)4-11(32)19(40)24(45)20(41)12(4)33;;/q2*-1;2*+1. The minimum Gasteiger partial charge on any atom is -0.207 e. The van der Waals surface area contributed by atoms with Crippen LogP contribution < -0.4 is 81.4 Å². The number of halogens is 40. The molecule has 0 fully saturated rings. The summed E-state index contributed by atoms with van der Waals surface area (Å²) in [5.74, 6) is -143. The van der Waals surface area contributed by atoms with Crippen LogP contribution in [0.5, 0.6) is 0 Å². The molecule has 0 bridgehead atoms. The molecule has 0 saturated heterocycles. The van der Waals surface area contributed by atoms with E-state index in [4.69, 9.17) is 0 Å². The van der Waals surface area contributed by atoms with Gasteiger partial charge in [0.05, 0.1) is 0 Å². The molecule has 0 radical (unpaired) electrons. The maximum atomic E-state index is 15.4. The molecule has 0 N–H and O–H groups in total. The maximum absolute atomic E-state index is 15.4. The van der Waals surface area contributed by atoms with Crippen LogP contribution in [-0.4, -0.2) is 12.3 Å². The van der Waals surface area contributed by atoms with Gasteiger partial charge in [-0.05, 0) is 0 Å². The third-order valence-electron chi connectivity index (χ3n) is 13.4. The predicted molar refractivity (Wildman–Crippen MR) is 218 cm³/mol. The van der Waals surface area contributed by atoms with Crippen molar-refractivity contribution in [2.45, 2.75) is 0 Å². The minimum atomic E-state index is -7.22. The van der Waals surface area contributed by atoms with Gasteiger partial charge in [0.1, 0.15) is 105 Å². The van der Waals surface area contributed by atoms with Gasteiger partial charge in [0.15, 0.2) is 140 Å². The van der Waals surface area contributed by atoms with Crippen LogP contribution in [0, 0.1) is 233 Å². The first-order valence-electron chi connectivity index (χ1n) is 21.9. The smallest absolute Gasteiger partial charge is 0.207 e. The molecule has 0 heterocycles. The topological polar surface area (TPSA) is 0 Å². The normalized spacial score (nSPS) is 11.7. The number of hydrogen-bond acceptors (Lipinski definition) is 0. The molecule has 0 amide bonds. The Morgan fingerprint density at radius 3 is 0.185 bits per heavy atom. The first-order valence-corrected chi connectivity index (χ1v) is 21.9. The van der Waals surface area contributed by atoms with Crippen molar-refractivity contribution in [1.29, 1.82) is 0 Å². The van der Waals surface area contributed by atoms with Crippen molar-refractivity contribution in [3.05, 3.63) is 233 Å². The summed E-state index contributed by atoms with van der Waals surface area (Å²) in [6.45, 7) is 0. The Morgan fingerprint density at radius 1 is 0.0870 bits per heavy atom. The Bertz CT molecular complexity index is 3430. The van der Waals surface area contributed by atoms with Crippen LogP contribution >= 0.6 is 0 Å². The molecule has 0 aliphatic rings. The third-order valence-corrected chi connectivity index (χ3v) is 13.4. The van der Waals surface area contributed by atoms with Gasteiger partial charge >= 0.3 is 37.7 Å². The molecule has 0 aromatic heterocycles. The largest absolute Gasteiger partial charge is 1.00 e. The van der Waals surface area contributed by atoms with Gasteiger partial charge < -0.3 is 0 Å². The molecule has 0 aliphatic carbocycles. The van der Waals surface area contributed by atoms with Crippen molar-refractivity contribution >= 4 is 56.0 Å². The molecule has 8 rings (SSSR count). The van der Waals surface area contributed by atoms with Gasteiger partial charge in [-0.25, -0.2) is 176 Å². The van der Waals surface area contributed by atoms with E-state index in [1.165, 1.54) is 0 Å². The van der Waals surface area contributed by atoms with Crippen LogP contribution in [0.15, 0.2) is 0 Å². The average Bonchev–Trinajstić information content (AvgIpc) is 0.689. The molecule has 92 heavy (non-hydrogen) atoms. The van der Waals surface area contributed by atoms with Gasteiger partial charge in [-0.15, -0.1) is 43.7 Å².